The first-order valence-electron chi connectivity index (χ1n) is 23.7. The van der Waals surface area contributed by atoms with Crippen LogP contribution in [0, 0.1) is 0 Å². The molecule has 320 valence electrons. The lowest BCUT2D eigenvalue weighted by Crippen LogP contribution is -2.14. The summed E-state index contributed by atoms with van der Waals surface area (Å²) in [4.78, 5) is 4.70. The van der Waals surface area contributed by atoms with Gasteiger partial charge in [0.25, 0.3) is 0 Å². The van der Waals surface area contributed by atoms with Gasteiger partial charge in [0.15, 0.2) is 0 Å². The van der Waals surface area contributed by atoms with Gasteiger partial charge in [-0.25, -0.2) is 0 Å². The molecular formula is C65H45N3. The van der Waals surface area contributed by atoms with Crippen molar-refractivity contribution < 1.29 is 0 Å². The van der Waals surface area contributed by atoms with E-state index in [1.54, 1.807) is 0 Å². The molecule has 3 heteroatoms. The van der Waals surface area contributed by atoms with Crippen molar-refractivity contribution in [3.63, 3.8) is 0 Å². The lowest BCUT2D eigenvalue weighted by atomic mass is 9.81. The van der Waals surface area contributed by atoms with Crippen LogP contribution in [0.1, 0.15) is 25.0 Å². The number of rotatable bonds is 7. The normalized spacial score (nSPS) is 13.0. The third-order valence-corrected chi connectivity index (χ3v) is 14.8. The Morgan fingerprint density at radius 1 is 0.309 bits per heavy atom. The third kappa shape index (κ3) is 5.79. The van der Waals surface area contributed by atoms with E-state index < -0.39 is 0 Å². The first-order valence-corrected chi connectivity index (χ1v) is 23.7. The van der Waals surface area contributed by atoms with Crippen LogP contribution in [-0.4, -0.2) is 4.40 Å². The fourth-order valence-corrected chi connectivity index (χ4v) is 11.5. The first-order chi connectivity index (χ1) is 33.5. The van der Waals surface area contributed by atoms with E-state index in [1.165, 1.54) is 93.0 Å². The van der Waals surface area contributed by atoms with E-state index in [9.17, 15) is 0 Å². The molecule has 0 bridgehead atoms. The number of aromatic nitrogens is 1. The largest absolute Gasteiger partial charge is 0.310 e. The van der Waals surface area contributed by atoms with E-state index in [4.69, 9.17) is 0 Å². The van der Waals surface area contributed by atoms with Crippen molar-refractivity contribution in [1.82, 2.24) is 4.40 Å². The minimum atomic E-state index is -0.0891. The summed E-state index contributed by atoms with van der Waals surface area (Å²) in [5.41, 5.74) is 18.3. The molecule has 0 unspecified atom stereocenters. The third-order valence-electron chi connectivity index (χ3n) is 14.8. The maximum absolute atomic E-state index is 2.55. The fraction of sp³-hybridized carbons (Fsp3) is 0.0462. The Hall–Kier alpha value is -8.66. The summed E-state index contributed by atoms with van der Waals surface area (Å²) in [6.07, 6.45) is 0. The molecule has 0 saturated heterocycles. The van der Waals surface area contributed by atoms with Crippen molar-refractivity contribution in [3.8, 4) is 22.3 Å². The second kappa shape index (κ2) is 14.7. The average Bonchev–Trinajstić information content (AvgIpc) is 3.97. The van der Waals surface area contributed by atoms with Gasteiger partial charge in [-0.05, 0) is 170 Å². The lowest BCUT2D eigenvalue weighted by molar-refractivity contribution is 0.660. The molecule has 1 aliphatic rings. The van der Waals surface area contributed by atoms with Gasteiger partial charge >= 0.3 is 0 Å². The molecular weight excluding hydrogens is 823 g/mol. The molecule has 1 aliphatic carbocycles. The minimum absolute atomic E-state index is 0.0891. The Balaban J connectivity index is 1.02. The number of para-hydroxylation sites is 4. The molecule has 0 spiro atoms. The van der Waals surface area contributed by atoms with Gasteiger partial charge in [0.1, 0.15) is 0 Å². The van der Waals surface area contributed by atoms with E-state index in [0.29, 0.717) is 0 Å². The van der Waals surface area contributed by atoms with Crippen molar-refractivity contribution in [2.24, 2.45) is 0 Å². The van der Waals surface area contributed by atoms with Crippen LogP contribution in [0.5, 0.6) is 0 Å². The Labute approximate surface area is 395 Å². The SMILES string of the molecule is CC1(C)c2ccccc2-c2ccc(-c3cc4c5cc6ccc(N(c7ccccc7)c7ccccc7)cc6cc5n5c6cc7cc(N(c8ccccc8)c8ccccc8)ccc7cc6c(c3)c45)cc21. The molecule has 2 aromatic heterocycles. The van der Waals surface area contributed by atoms with Crippen LogP contribution in [0.15, 0.2) is 237 Å². The van der Waals surface area contributed by atoms with E-state index in [0.717, 1.165) is 34.1 Å². The second-order valence-electron chi connectivity index (χ2n) is 19.0. The van der Waals surface area contributed by atoms with Crippen LogP contribution in [0.25, 0.3) is 81.9 Å². The molecule has 0 atom stereocenters. The van der Waals surface area contributed by atoms with Gasteiger partial charge in [0.05, 0.1) is 16.6 Å². The predicted molar refractivity (Wildman–Crippen MR) is 288 cm³/mol. The molecule has 0 amide bonds. The van der Waals surface area contributed by atoms with Crippen molar-refractivity contribution in [3.05, 3.63) is 248 Å². The Morgan fingerprint density at radius 3 is 1.24 bits per heavy atom. The highest BCUT2D eigenvalue weighted by Crippen LogP contribution is 2.51. The van der Waals surface area contributed by atoms with Gasteiger partial charge in [0.2, 0.25) is 0 Å². The van der Waals surface area contributed by atoms with Crippen molar-refractivity contribution in [2.45, 2.75) is 19.3 Å². The van der Waals surface area contributed by atoms with Gasteiger partial charge in [-0.2, -0.15) is 0 Å². The molecule has 11 aromatic carbocycles. The quantitative estimate of drug-likeness (QED) is 0.158. The molecule has 0 N–H and O–H groups in total. The topological polar surface area (TPSA) is 10.9 Å². The molecule has 0 aliphatic heterocycles. The van der Waals surface area contributed by atoms with Crippen LogP contribution in [0.2, 0.25) is 0 Å². The van der Waals surface area contributed by atoms with Crippen molar-refractivity contribution in [1.29, 1.82) is 0 Å². The van der Waals surface area contributed by atoms with E-state index in [-0.39, 0.29) is 5.41 Å². The number of hydrogen-bond acceptors (Lipinski definition) is 2. The molecule has 0 radical (unpaired) electrons. The van der Waals surface area contributed by atoms with Crippen molar-refractivity contribution >= 4 is 93.8 Å². The van der Waals surface area contributed by atoms with Gasteiger partial charge in [-0.1, -0.05) is 135 Å². The number of anilines is 6. The highest BCUT2D eigenvalue weighted by molar-refractivity contribution is 6.27. The molecule has 13 aromatic rings. The smallest absolute Gasteiger partial charge is 0.0620 e. The number of hydrogen-bond donors (Lipinski definition) is 0. The van der Waals surface area contributed by atoms with Crippen LogP contribution >= 0.6 is 0 Å². The second-order valence-corrected chi connectivity index (χ2v) is 19.0. The predicted octanol–water partition coefficient (Wildman–Crippen LogP) is 18.1. The zero-order chi connectivity index (χ0) is 45.1. The van der Waals surface area contributed by atoms with Gasteiger partial charge in [-0.15, -0.1) is 0 Å². The number of benzene rings is 11. The van der Waals surface area contributed by atoms with E-state index in [2.05, 4.69) is 265 Å². The summed E-state index contributed by atoms with van der Waals surface area (Å²) in [5.74, 6) is 0. The molecule has 68 heavy (non-hydrogen) atoms. The zero-order valence-electron chi connectivity index (χ0n) is 37.9. The Bertz CT molecular complexity index is 3810. The number of nitrogens with zero attached hydrogens (tertiary/aromatic N) is 3. The number of fused-ring (bicyclic) bond motifs is 11. The summed E-state index contributed by atoms with van der Waals surface area (Å²) < 4.78 is 2.55. The monoisotopic (exact) mass is 867 g/mol. The summed E-state index contributed by atoms with van der Waals surface area (Å²) >= 11 is 0. The minimum Gasteiger partial charge on any atom is -0.310 e. The molecule has 3 nitrogen and oxygen atoms in total. The van der Waals surface area contributed by atoms with Crippen LogP contribution in [0.4, 0.5) is 34.1 Å². The molecule has 14 rings (SSSR count). The maximum Gasteiger partial charge on any atom is 0.0620 e. The summed E-state index contributed by atoms with van der Waals surface area (Å²) in [6, 6.07) is 87.4. The van der Waals surface area contributed by atoms with Crippen LogP contribution in [-0.2, 0) is 5.41 Å². The summed E-state index contributed by atoms with van der Waals surface area (Å²) in [7, 11) is 0. The Morgan fingerprint density at radius 2 is 0.750 bits per heavy atom. The van der Waals surface area contributed by atoms with Gasteiger partial charge in [0, 0.05) is 61.1 Å². The zero-order valence-corrected chi connectivity index (χ0v) is 37.9. The molecule has 2 heterocycles. The maximum atomic E-state index is 2.55. The summed E-state index contributed by atoms with van der Waals surface area (Å²) in [6.45, 7) is 4.75. The highest BCUT2D eigenvalue weighted by Gasteiger charge is 2.35. The van der Waals surface area contributed by atoms with E-state index in [1.807, 2.05) is 0 Å². The molecule has 0 saturated carbocycles. The fourth-order valence-electron chi connectivity index (χ4n) is 11.5. The van der Waals surface area contributed by atoms with Gasteiger partial charge < -0.3 is 14.2 Å². The summed E-state index contributed by atoms with van der Waals surface area (Å²) in [5, 5.41) is 9.91. The standard InChI is InChI=1S/C65H45N3/c1-65(2)60-26-16-15-25-54(60)55-32-29-44(39-61(55)65)47-37-58-56-35-42-27-30-52(66(48-17-7-3-8-18-48)49-19-9-4-10-20-49)33-45(42)40-62(56)68-63-41-46-34-53(31-28-43(46)36-57(63)59(38-47)64(58)68)67(50-21-11-5-12-22-50)51-23-13-6-14-24-51/h3-41H,1-2H3. The molecule has 0 fully saturated rings. The Kier molecular flexibility index (Phi) is 8.33. The van der Waals surface area contributed by atoms with E-state index >= 15 is 0 Å². The highest BCUT2D eigenvalue weighted by atomic mass is 15.1. The van der Waals surface area contributed by atoms with Crippen LogP contribution < -0.4 is 9.80 Å². The van der Waals surface area contributed by atoms with Gasteiger partial charge in [-0.3, -0.25) is 0 Å². The van der Waals surface area contributed by atoms with Crippen molar-refractivity contribution in [2.75, 3.05) is 9.80 Å². The average molecular weight is 868 g/mol. The first kappa shape index (κ1) is 38.6. The van der Waals surface area contributed by atoms with Crippen LogP contribution in [0.3, 0.4) is 0 Å². The lowest BCUT2D eigenvalue weighted by Gasteiger charge is -2.25.